The molecule has 2 unspecified atom stereocenters. The van der Waals surface area contributed by atoms with E-state index < -0.39 is 18.0 Å². The molecule has 1 heterocycles. The third kappa shape index (κ3) is 8.57. The van der Waals surface area contributed by atoms with Crippen LogP contribution in [0, 0.1) is 11.7 Å². The van der Waals surface area contributed by atoms with Crippen molar-refractivity contribution in [1.82, 2.24) is 15.5 Å². The van der Waals surface area contributed by atoms with Gasteiger partial charge in [-0.05, 0) is 31.9 Å². The first-order chi connectivity index (χ1) is 17.0. The lowest BCUT2D eigenvalue weighted by molar-refractivity contribution is -0.108. The number of nitrogens with zero attached hydrogens (tertiary/aromatic N) is 1. The standard InChI is InChI=1S/C26H41ClFN3O4/c1-29-17-20(16-19-8-4-3-5-9-19)30-26(32)31-12-15-34-23(18-31)25(35-14-7-13-33-2)21-10-6-11-22(27)24(21)28/h6,10-11,19-20,23,25,29H,3-5,7-9,12-18H2,1-2H3,(H,30,32)/t20?,23?,25-/m0/s1. The number of carbonyl (C=O) groups excluding carboxylic acids is 1. The molecule has 9 heteroatoms. The molecule has 0 radical (unpaired) electrons. The van der Waals surface area contributed by atoms with E-state index in [4.69, 9.17) is 25.8 Å². The van der Waals surface area contributed by atoms with E-state index in [0.717, 1.165) is 13.0 Å². The van der Waals surface area contributed by atoms with Crippen LogP contribution in [0.5, 0.6) is 0 Å². The molecule has 0 spiro atoms. The quantitative estimate of drug-likeness (QED) is 0.401. The van der Waals surface area contributed by atoms with Crippen molar-refractivity contribution in [3.63, 3.8) is 0 Å². The Labute approximate surface area is 214 Å². The molecule has 7 nitrogen and oxygen atoms in total. The highest BCUT2D eigenvalue weighted by Gasteiger charge is 2.34. The highest BCUT2D eigenvalue weighted by Crippen LogP contribution is 2.32. The molecule has 2 amide bonds. The topological polar surface area (TPSA) is 72.1 Å². The average molecular weight is 514 g/mol. The lowest BCUT2D eigenvalue weighted by atomic mass is 9.85. The zero-order valence-electron chi connectivity index (χ0n) is 21.1. The maximum atomic E-state index is 14.9. The number of benzene rings is 1. The SMILES string of the molecule is CNCC(CC1CCCCC1)NC(=O)N1CCOC([C@@H](OCCCOC)c2cccc(Cl)c2F)C1. The number of urea groups is 1. The summed E-state index contributed by atoms with van der Waals surface area (Å²) in [5.41, 5.74) is 0.340. The molecule has 1 aromatic carbocycles. The first kappa shape index (κ1) is 28.1. The summed E-state index contributed by atoms with van der Waals surface area (Å²) >= 11 is 6.05. The summed E-state index contributed by atoms with van der Waals surface area (Å²) in [5, 5.41) is 6.49. The van der Waals surface area contributed by atoms with Crippen molar-refractivity contribution in [3.8, 4) is 0 Å². The van der Waals surface area contributed by atoms with Crippen LogP contribution in [0.15, 0.2) is 18.2 Å². The number of amides is 2. The van der Waals surface area contributed by atoms with Crippen molar-refractivity contribution in [2.45, 2.75) is 63.2 Å². The van der Waals surface area contributed by atoms with Gasteiger partial charge in [-0.25, -0.2) is 9.18 Å². The van der Waals surface area contributed by atoms with Crippen molar-refractivity contribution >= 4 is 17.6 Å². The van der Waals surface area contributed by atoms with Gasteiger partial charge in [0, 0.05) is 45.0 Å². The van der Waals surface area contributed by atoms with Gasteiger partial charge in [-0.2, -0.15) is 0 Å². The van der Waals surface area contributed by atoms with Crippen molar-refractivity contribution in [1.29, 1.82) is 0 Å². The molecule has 0 aromatic heterocycles. The molecular weight excluding hydrogens is 473 g/mol. The van der Waals surface area contributed by atoms with Crippen molar-refractivity contribution in [2.75, 3.05) is 53.6 Å². The van der Waals surface area contributed by atoms with E-state index >= 15 is 0 Å². The molecular formula is C26H41ClFN3O4. The van der Waals surface area contributed by atoms with Crippen LogP contribution < -0.4 is 10.6 Å². The molecule has 1 aromatic rings. The Balaban J connectivity index is 1.66. The number of methoxy groups -OCH3 is 1. The summed E-state index contributed by atoms with van der Waals surface area (Å²) in [6, 6.07) is 4.84. The Kier molecular flexibility index (Phi) is 12.0. The van der Waals surface area contributed by atoms with E-state index in [1.807, 2.05) is 7.05 Å². The molecule has 35 heavy (non-hydrogen) atoms. The molecule has 0 bridgehead atoms. The second-order valence-corrected chi connectivity index (χ2v) is 9.99. The number of hydrogen-bond acceptors (Lipinski definition) is 5. The number of likely N-dealkylation sites (N-methyl/N-ethyl adjacent to an activating group) is 1. The highest BCUT2D eigenvalue weighted by atomic mass is 35.5. The predicted octanol–water partition coefficient (Wildman–Crippen LogP) is 4.54. The number of morpholine rings is 1. The first-order valence-corrected chi connectivity index (χ1v) is 13.3. The van der Waals surface area contributed by atoms with Crippen LogP contribution in [0.25, 0.3) is 0 Å². The van der Waals surface area contributed by atoms with Crippen molar-refractivity contribution in [2.24, 2.45) is 5.92 Å². The third-order valence-corrected chi connectivity index (χ3v) is 7.21. The van der Waals surface area contributed by atoms with Gasteiger partial charge in [0.05, 0.1) is 18.2 Å². The van der Waals surface area contributed by atoms with Crippen LogP contribution in [0.1, 0.15) is 56.6 Å². The van der Waals surface area contributed by atoms with Crippen LogP contribution in [0.3, 0.4) is 0 Å². The Morgan fingerprint density at radius 3 is 2.83 bits per heavy atom. The van der Waals surface area contributed by atoms with E-state index in [2.05, 4.69) is 10.6 Å². The van der Waals surface area contributed by atoms with Crippen LogP contribution in [-0.2, 0) is 14.2 Å². The van der Waals surface area contributed by atoms with Crippen LogP contribution in [-0.4, -0.2) is 76.7 Å². The Hall–Kier alpha value is -1.45. The van der Waals surface area contributed by atoms with Crippen molar-refractivity contribution in [3.05, 3.63) is 34.6 Å². The van der Waals surface area contributed by atoms with Crippen LogP contribution >= 0.6 is 11.6 Å². The summed E-state index contributed by atoms with van der Waals surface area (Å²) in [6.45, 7) is 2.79. The minimum Gasteiger partial charge on any atom is -0.385 e. The summed E-state index contributed by atoms with van der Waals surface area (Å²) in [7, 11) is 3.54. The number of carbonyl (C=O) groups is 1. The largest absolute Gasteiger partial charge is 0.385 e. The molecule has 2 N–H and O–H groups in total. The summed E-state index contributed by atoms with van der Waals surface area (Å²) < 4.78 is 32.1. The van der Waals surface area contributed by atoms with Crippen LogP contribution in [0.4, 0.5) is 9.18 Å². The minimum atomic E-state index is -0.684. The summed E-state index contributed by atoms with van der Waals surface area (Å²) in [5.74, 6) is 0.146. The van der Waals surface area contributed by atoms with Gasteiger partial charge < -0.3 is 29.7 Å². The second-order valence-electron chi connectivity index (χ2n) is 9.58. The number of ether oxygens (including phenoxy) is 3. The monoisotopic (exact) mass is 513 g/mol. The summed E-state index contributed by atoms with van der Waals surface area (Å²) in [4.78, 5) is 15.0. The van der Waals surface area contributed by atoms with E-state index in [-0.39, 0.29) is 17.1 Å². The molecule has 1 saturated heterocycles. The maximum absolute atomic E-state index is 14.9. The molecule has 2 fully saturated rings. The fourth-order valence-electron chi connectivity index (χ4n) is 5.13. The molecule has 1 aliphatic heterocycles. The summed E-state index contributed by atoms with van der Waals surface area (Å²) in [6.07, 6.45) is 6.81. The molecule has 2 aliphatic rings. The molecule has 3 rings (SSSR count). The lowest BCUT2D eigenvalue weighted by Gasteiger charge is -2.38. The van der Waals surface area contributed by atoms with Gasteiger partial charge in [-0.3, -0.25) is 0 Å². The fourth-order valence-corrected chi connectivity index (χ4v) is 5.31. The number of halogens is 2. The minimum absolute atomic E-state index is 0.0380. The maximum Gasteiger partial charge on any atom is 0.317 e. The average Bonchev–Trinajstić information content (AvgIpc) is 2.87. The van der Waals surface area contributed by atoms with Gasteiger partial charge in [0.25, 0.3) is 0 Å². The highest BCUT2D eigenvalue weighted by molar-refractivity contribution is 6.30. The fraction of sp³-hybridized carbons (Fsp3) is 0.731. The smallest absolute Gasteiger partial charge is 0.317 e. The first-order valence-electron chi connectivity index (χ1n) is 12.9. The number of hydrogen-bond donors (Lipinski definition) is 2. The predicted molar refractivity (Wildman–Crippen MR) is 135 cm³/mol. The lowest BCUT2D eigenvalue weighted by Crippen LogP contribution is -2.54. The Bertz CT molecular complexity index is 781. The Morgan fingerprint density at radius 2 is 2.09 bits per heavy atom. The van der Waals surface area contributed by atoms with Gasteiger partial charge in [-0.15, -0.1) is 0 Å². The molecule has 1 saturated carbocycles. The third-order valence-electron chi connectivity index (χ3n) is 6.92. The van der Waals surface area contributed by atoms with Gasteiger partial charge in [0.1, 0.15) is 18.0 Å². The van der Waals surface area contributed by atoms with Gasteiger partial charge in [0.15, 0.2) is 0 Å². The van der Waals surface area contributed by atoms with Crippen LogP contribution in [0.2, 0.25) is 5.02 Å². The Morgan fingerprint density at radius 1 is 1.29 bits per heavy atom. The van der Waals surface area contributed by atoms with E-state index in [9.17, 15) is 9.18 Å². The number of nitrogens with one attached hydrogen (secondary N) is 2. The van der Waals surface area contributed by atoms with E-state index in [1.165, 1.54) is 38.2 Å². The van der Waals surface area contributed by atoms with Crippen molar-refractivity contribution < 1.29 is 23.4 Å². The zero-order valence-corrected chi connectivity index (χ0v) is 21.8. The van der Waals surface area contributed by atoms with Gasteiger partial charge >= 0.3 is 6.03 Å². The van der Waals surface area contributed by atoms with Gasteiger partial charge in [0.2, 0.25) is 0 Å². The molecule has 3 atom stereocenters. The molecule has 198 valence electrons. The molecule has 1 aliphatic carbocycles. The van der Waals surface area contributed by atoms with E-state index in [1.54, 1.807) is 24.1 Å². The van der Waals surface area contributed by atoms with E-state index in [0.29, 0.717) is 50.8 Å². The number of rotatable bonds is 12. The zero-order chi connectivity index (χ0) is 25.0. The normalized spacial score (nSPS) is 21.0. The van der Waals surface area contributed by atoms with Gasteiger partial charge in [-0.1, -0.05) is 55.8 Å². The second kappa shape index (κ2) is 15.0.